The largest absolute Gasteiger partial charge is 0.370 e. The van der Waals surface area contributed by atoms with Crippen molar-refractivity contribution in [2.45, 2.75) is 19.9 Å². The van der Waals surface area contributed by atoms with E-state index in [1.165, 1.54) is 5.56 Å². The highest BCUT2D eigenvalue weighted by atomic mass is 15.2. The smallest absolute Gasteiger partial charge is 0.193 e. The zero-order valence-corrected chi connectivity index (χ0v) is 13.3. The molecule has 3 nitrogen and oxygen atoms in total. The monoisotopic (exact) mass is 303 g/mol. The van der Waals surface area contributed by atoms with Crippen LogP contribution >= 0.6 is 0 Å². The predicted octanol–water partition coefficient (Wildman–Crippen LogP) is 4.30. The number of anilines is 1. The highest BCUT2D eigenvalue weighted by Crippen LogP contribution is 2.27. The van der Waals surface area contributed by atoms with Crippen LogP contribution in [0.5, 0.6) is 0 Å². The molecular weight excluding hydrogens is 282 g/mol. The van der Waals surface area contributed by atoms with Crippen molar-refractivity contribution in [2.24, 2.45) is 5.73 Å². The second kappa shape index (κ2) is 6.53. The molecule has 0 saturated carbocycles. The van der Waals surface area contributed by atoms with Crippen LogP contribution in [0, 0.1) is 5.41 Å². The summed E-state index contributed by atoms with van der Waals surface area (Å²) in [7, 11) is 0. The lowest BCUT2D eigenvalue weighted by Gasteiger charge is -2.24. The number of guanidine groups is 1. The summed E-state index contributed by atoms with van der Waals surface area (Å²) in [6, 6.07) is 22.8. The minimum atomic E-state index is 0.0586. The number of benzene rings is 3. The quantitative estimate of drug-likeness (QED) is 0.557. The van der Waals surface area contributed by atoms with Gasteiger partial charge in [-0.15, -0.1) is 0 Å². The van der Waals surface area contributed by atoms with Gasteiger partial charge in [-0.25, -0.2) is 0 Å². The van der Waals surface area contributed by atoms with Crippen molar-refractivity contribution < 1.29 is 0 Å². The van der Waals surface area contributed by atoms with Gasteiger partial charge in [0.15, 0.2) is 5.96 Å². The first-order valence-electron chi connectivity index (χ1n) is 7.86. The number of hydrogen-bond donors (Lipinski definition) is 2. The summed E-state index contributed by atoms with van der Waals surface area (Å²) in [5.74, 6) is 0.0586. The standard InChI is InChI=1S/C20H21N3/c1-2-15-7-5-8-16(13-15)14-23(20(21)22)19-12-6-10-17-9-3-4-11-18(17)19/h3-13H,2,14H2,1H3,(H3,21,22). The summed E-state index contributed by atoms with van der Waals surface area (Å²) < 4.78 is 0. The van der Waals surface area contributed by atoms with Crippen LogP contribution in [0.3, 0.4) is 0 Å². The molecule has 116 valence electrons. The third-order valence-corrected chi connectivity index (χ3v) is 4.09. The lowest BCUT2D eigenvalue weighted by molar-refractivity contribution is 0.981. The van der Waals surface area contributed by atoms with Crippen molar-refractivity contribution >= 4 is 22.4 Å². The molecule has 0 aromatic heterocycles. The molecule has 0 spiro atoms. The molecule has 0 aliphatic carbocycles. The van der Waals surface area contributed by atoms with Crippen LogP contribution in [0.15, 0.2) is 66.7 Å². The van der Waals surface area contributed by atoms with E-state index in [1.54, 1.807) is 0 Å². The molecule has 3 heteroatoms. The average Bonchev–Trinajstić information content (AvgIpc) is 2.59. The Morgan fingerprint density at radius 2 is 1.65 bits per heavy atom. The maximum atomic E-state index is 8.02. The number of aryl methyl sites for hydroxylation is 1. The number of nitrogens with one attached hydrogen (secondary N) is 1. The Kier molecular flexibility index (Phi) is 4.29. The SMILES string of the molecule is CCc1cccc(CN(C(=N)N)c2cccc3ccccc23)c1. The fraction of sp³-hybridized carbons (Fsp3) is 0.150. The van der Waals surface area contributed by atoms with Gasteiger partial charge in [-0.05, 0) is 29.0 Å². The second-order valence-corrected chi connectivity index (χ2v) is 5.64. The average molecular weight is 303 g/mol. The summed E-state index contributed by atoms with van der Waals surface area (Å²) in [6.45, 7) is 2.74. The van der Waals surface area contributed by atoms with E-state index in [1.807, 2.05) is 29.2 Å². The minimum absolute atomic E-state index is 0.0586. The molecule has 0 bridgehead atoms. The second-order valence-electron chi connectivity index (χ2n) is 5.64. The summed E-state index contributed by atoms with van der Waals surface area (Å²) >= 11 is 0. The number of rotatable bonds is 4. The van der Waals surface area contributed by atoms with Crippen LogP contribution in [-0.4, -0.2) is 5.96 Å². The van der Waals surface area contributed by atoms with Gasteiger partial charge in [0.05, 0.1) is 12.2 Å². The summed E-state index contributed by atoms with van der Waals surface area (Å²) in [5.41, 5.74) is 9.31. The molecule has 0 unspecified atom stereocenters. The normalized spacial score (nSPS) is 10.7. The van der Waals surface area contributed by atoms with Gasteiger partial charge < -0.3 is 10.6 Å². The molecule has 3 aromatic carbocycles. The summed E-state index contributed by atoms with van der Waals surface area (Å²) in [4.78, 5) is 1.86. The highest BCUT2D eigenvalue weighted by Gasteiger charge is 2.13. The molecule has 3 rings (SSSR count). The van der Waals surface area contributed by atoms with Gasteiger partial charge in [0, 0.05) is 5.39 Å². The van der Waals surface area contributed by atoms with Crippen molar-refractivity contribution in [3.63, 3.8) is 0 Å². The van der Waals surface area contributed by atoms with Crippen LogP contribution in [0.4, 0.5) is 5.69 Å². The summed E-state index contributed by atoms with van der Waals surface area (Å²) in [5, 5.41) is 10.3. The minimum Gasteiger partial charge on any atom is -0.370 e. The first-order valence-corrected chi connectivity index (χ1v) is 7.86. The Morgan fingerprint density at radius 3 is 2.43 bits per heavy atom. The molecule has 0 atom stereocenters. The Labute approximate surface area is 136 Å². The fourth-order valence-corrected chi connectivity index (χ4v) is 2.87. The van der Waals surface area contributed by atoms with Crippen LogP contribution in [0.25, 0.3) is 10.8 Å². The van der Waals surface area contributed by atoms with Crippen LogP contribution in [-0.2, 0) is 13.0 Å². The van der Waals surface area contributed by atoms with E-state index >= 15 is 0 Å². The predicted molar refractivity (Wildman–Crippen MR) is 97.9 cm³/mol. The molecular formula is C20H21N3. The molecule has 0 aliphatic heterocycles. The van der Waals surface area contributed by atoms with E-state index < -0.39 is 0 Å². The molecule has 0 fully saturated rings. The first-order chi connectivity index (χ1) is 11.2. The van der Waals surface area contributed by atoms with Gasteiger partial charge in [0.25, 0.3) is 0 Å². The van der Waals surface area contributed by atoms with Crippen molar-refractivity contribution in [1.82, 2.24) is 0 Å². The number of nitrogens with two attached hydrogens (primary N) is 1. The zero-order chi connectivity index (χ0) is 16.2. The van der Waals surface area contributed by atoms with Crippen molar-refractivity contribution in [3.05, 3.63) is 77.9 Å². The number of fused-ring (bicyclic) bond motifs is 1. The van der Waals surface area contributed by atoms with Gasteiger partial charge in [-0.1, -0.05) is 67.6 Å². The Bertz CT molecular complexity index is 834. The lowest BCUT2D eigenvalue weighted by Crippen LogP contribution is -2.36. The summed E-state index contributed by atoms with van der Waals surface area (Å²) in [6.07, 6.45) is 1.00. The number of nitrogens with zero attached hydrogens (tertiary/aromatic N) is 1. The van der Waals surface area contributed by atoms with E-state index in [0.29, 0.717) is 6.54 Å². The first kappa shape index (κ1) is 15.1. The van der Waals surface area contributed by atoms with Gasteiger partial charge >= 0.3 is 0 Å². The molecule has 0 saturated heterocycles. The van der Waals surface area contributed by atoms with Gasteiger partial charge in [-0.2, -0.15) is 0 Å². The Morgan fingerprint density at radius 1 is 0.957 bits per heavy atom. The van der Waals surface area contributed by atoms with Crippen molar-refractivity contribution in [1.29, 1.82) is 5.41 Å². The molecule has 0 aliphatic rings. The topological polar surface area (TPSA) is 53.1 Å². The fourth-order valence-electron chi connectivity index (χ4n) is 2.87. The van der Waals surface area contributed by atoms with E-state index in [0.717, 1.165) is 28.4 Å². The van der Waals surface area contributed by atoms with E-state index in [4.69, 9.17) is 11.1 Å². The molecule has 23 heavy (non-hydrogen) atoms. The van der Waals surface area contributed by atoms with E-state index in [2.05, 4.69) is 49.4 Å². The van der Waals surface area contributed by atoms with Gasteiger partial charge in [0.1, 0.15) is 0 Å². The molecule has 0 heterocycles. The Hall–Kier alpha value is -2.81. The molecule has 3 N–H and O–H groups in total. The molecule has 0 amide bonds. The maximum absolute atomic E-state index is 8.02. The molecule has 3 aromatic rings. The lowest BCUT2D eigenvalue weighted by atomic mass is 10.1. The Balaban J connectivity index is 2.02. The highest BCUT2D eigenvalue weighted by molar-refractivity contribution is 6.03. The molecule has 0 radical (unpaired) electrons. The van der Waals surface area contributed by atoms with E-state index in [-0.39, 0.29) is 5.96 Å². The van der Waals surface area contributed by atoms with Gasteiger partial charge in [-0.3, -0.25) is 5.41 Å². The van der Waals surface area contributed by atoms with E-state index in [9.17, 15) is 0 Å². The van der Waals surface area contributed by atoms with Crippen LogP contribution in [0.1, 0.15) is 18.1 Å². The third-order valence-electron chi connectivity index (χ3n) is 4.09. The van der Waals surface area contributed by atoms with Crippen LogP contribution < -0.4 is 10.6 Å². The van der Waals surface area contributed by atoms with Crippen LogP contribution in [0.2, 0.25) is 0 Å². The number of hydrogen-bond acceptors (Lipinski definition) is 1. The van der Waals surface area contributed by atoms with Gasteiger partial charge in [0.2, 0.25) is 0 Å². The third kappa shape index (κ3) is 3.19. The van der Waals surface area contributed by atoms with Crippen molar-refractivity contribution in [3.8, 4) is 0 Å². The van der Waals surface area contributed by atoms with Crippen molar-refractivity contribution in [2.75, 3.05) is 4.90 Å². The maximum Gasteiger partial charge on any atom is 0.193 e. The zero-order valence-electron chi connectivity index (χ0n) is 13.3.